The number of rotatable bonds is 4. The van der Waals surface area contributed by atoms with E-state index in [1.807, 2.05) is 23.7 Å². The Bertz CT molecular complexity index is 1420. The van der Waals surface area contributed by atoms with Gasteiger partial charge in [0.15, 0.2) is 5.82 Å². The zero-order valence-electron chi connectivity index (χ0n) is 19.2. The predicted molar refractivity (Wildman–Crippen MR) is 129 cm³/mol. The highest BCUT2D eigenvalue weighted by Crippen LogP contribution is 2.34. The van der Waals surface area contributed by atoms with Crippen molar-refractivity contribution in [2.75, 3.05) is 13.1 Å². The monoisotopic (exact) mass is 461 g/mol. The molecule has 1 atom stereocenters. The number of phenolic OH excluding ortho intramolecular Hbond substituents is 1. The van der Waals surface area contributed by atoms with E-state index in [0.29, 0.717) is 41.8 Å². The normalized spacial score (nSPS) is 16.3. The maximum Gasteiger partial charge on any atom is 0.404 e. The molecule has 4 aromatic rings. The van der Waals surface area contributed by atoms with Gasteiger partial charge in [-0.15, -0.1) is 0 Å². The van der Waals surface area contributed by atoms with E-state index >= 15 is 0 Å². The number of hydrogen-bond donors (Lipinski definition) is 2. The third-order valence-electron chi connectivity index (χ3n) is 6.50. The van der Waals surface area contributed by atoms with Crippen LogP contribution < -0.4 is 5.73 Å². The van der Waals surface area contributed by atoms with Crippen LogP contribution in [0.5, 0.6) is 5.75 Å². The summed E-state index contributed by atoms with van der Waals surface area (Å²) in [5, 5.41) is 12.0. The van der Waals surface area contributed by atoms with Gasteiger partial charge in [0.05, 0.1) is 17.8 Å². The van der Waals surface area contributed by atoms with Crippen LogP contribution in [-0.4, -0.2) is 55.3 Å². The molecule has 2 amide bonds. The molecule has 2 aromatic carbocycles. The van der Waals surface area contributed by atoms with Crippen LogP contribution in [0.15, 0.2) is 42.5 Å². The first-order valence-corrected chi connectivity index (χ1v) is 11.4. The Morgan fingerprint density at radius 3 is 2.79 bits per heavy atom. The number of para-hydroxylation sites is 1. The third kappa shape index (κ3) is 3.63. The number of amides is 2. The quantitative estimate of drug-likeness (QED) is 0.482. The van der Waals surface area contributed by atoms with Gasteiger partial charge in [-0.2, -0.15) is 0 Å². The second-order valence-corrected chi connectivity index (χ2v) is 8.64. The number of carbonyl (C=O) groups is 2. The molecule has 3 heterocycles. The summed E-state index contributed by atoms with van der Waals surface area (Å²) < 4.78 is 9.14. The lowest BCUT2D eigenvalue weighted by Crippen LogP contribution is -2.44. The number of aromatic nitrogens is 3. The summed E-state index contributed by atoms with van der Waals surface area (Å²) in [6, 6.07) is 13.4. The minimum atomic E-state index is -0.844. The molecule has 1 fully saturated rings. The second-order valence-electron chi connectivity index (χ2n) is 8.64. The largest absolute Gasteiger partial charge is 0.506 e. The van der Waals surface area contributed by atoms with Gasteiger partial charge in [0.2, 0.25) is 0 Å². The molecule has 9 nitrogen and oxygen atoms in total. The maximum atomic E-state index is 13.2. The van der Waals surface area contributed by atoms with E-state index in [2.05, 4.69) is 29.7 Å². The molecule has 1 saturated heterocycles. The van der Waals surface area contributed by atoms with Crippen molar-refractivity contribution < 1.29 is 19.4 Å². The molecule has 5 rings (SSSR count). The summed E-state index contributed by atoms with van der Waals surface area (Å²) in [6.45, 7) is 3.66. The molecule has 0 saturated carbocycles. The van der Waals surface area contributed by atoms with Gasteiger partial charge in [0.1, 0.15) is 17.4 Å². The number of hydrogen-bond acceptors (Lipinski definition) is 5. The van der Waals surface area contributed by atoms with Gasteiger partial charge in [-0.25, -0.2) is 9.78 Å². The Morgan fingerprint density at radius 1 is 1.24 bits per heavy atom. The number of aromatic hydroxyl groups is 1. The summed E-state index contributed by atoms with van der Waals surface area (Å²) in [6.07, 6.45) is 0.0907. The molecule has 0 bridgehead atoms. The summed E-state index contributed by atoms with van der Waals surface area (Å²) in [7, 11) is 1.86. The third-order valence-corrected chi connectivity index (χ3v) is 6.50. The fourth-order valence-corrected chi connectivity index (χ4v) is 4.98. The molecule has 0 unspecified atom stereocenters. The number of nitrogens with two attached hydrogens (primary N) is 1. The van der Waals surface area contributed by atoms with E-state index in [4.69, 9.17) is 15.5 Å². The minimum absolute atomic E-state index is 0.0109. The number of primary amides is 1. The van der Waals surface area contributed by atoms with Crippen molar-refractivity contribution in [2.45, 2.75) is 32.4 Å². The highest BCUT2D eigenvalue weighted by Gasteiger charge is 2.28. The van der Waals surface area contributed by atoms with Crippen LogP contribution in [0.25, 0.3) is 33.5 Å². The first-order chi connectivity index (χ1) is 16.4. The van der Waals surface area contributed by atoms with E-state index < -0.39 is 12.2 Å². The summed E-state index contributed by atoms with van der Waals surface area (Å²) in [4.78, 5) is 30.8. The van der Waals surface area contributed by atoms with Gasteiger partial charge >= 0.3 is 6.09 Å². The number of likely N-dealkylation sites (tertiary alicyclic amines) is 1. The van der Waals surface area contributed by atoms with Crippen LogP contribution in [0.2, 0.25) is 0 Å². The smallest absolute Gasteiger partial charge is 0.404 e. The number of ether oxygens (including phenoxy) is 1. The molecular weight excluding hydrogens is 434 g/mol. The molecule has 0 radical (unpaired) electrons. The number of aryl methyl sites for hydroxylation is 2. The number of piperidine rings is 1. The van der Waals surface area contributed by atoms with Crippen LogP contribution in [-0.2, 0) is 18.3 Å². The molecular formula is C25H27N5O4. The highest BCUT2D eigenvalue weighted by atomic mass is 16.6. The second kappa shape index (κ2) is 8.40. The maximum absolute atomic E-state index is 13.2. The van der Waals surface area contributed by atoms with Crippen molar-refractivity contribution in [3.8, 4) is 17.3 Å². The minimum Gasteiger partial charge on any atom is -0.506 e. The van der Waals surface area contributed by atoms with E-state index in [0.717, 1.165) is 23.1 Å². The number of phenols is 1. The predicted octanol–water partition coefficient (Wildman–Crippen LogP) is 3.62. The van der Waals surface area contributed by atoms with Crippen LogP contribution in [0.4, 0.5) is 4.79 Å². The van der Waals surface area contributed by atoms with Crippen molar-refractivity contribution in [2.24, 2.45) is 12.8 Å². The van der Waals surface area contributed by atoms with Crippen molar-refractivity contribution in [1.82, 2.24) is 19.0 Å². The van der Waals surface area contributed by atoms with E-state index in [-0.39, 0.29) is 18.2 Å². The lowest BCUT2D eigenvalue weighted by molar-refractivity contribution is 0.0373. The Labute approximate surface area is 196 Å². The SMILES string of the molecule is CCn1c(-c2nc3cc(C(=O)N4CCC[C@@H](OC(N)=O)C4)cc(O)c3n2C)cc2ccccc21. The lowest BCUT2D eigenvalue weighted by Gasteiger charge is -2.32. The molecule has 3 N–H and O–H groups in total. The number of benzene rings is 2. The molecule has 9 heteroatoms. The fourth-order valence-electron chi connectivity index (χ4n) is 4.98. The molecule has 2 aromatic heterocycles. The van der Waals surface area contributed by atoms with Crippen molar-refractivity contribution in [1.29, 1.82) is 0 Å². The first kappa shape index (κ1) is 21.8. The van der Waals surface area contributed by atoms with Gasteiger partial charge in [0, 0.05) is 36.6 Å². The van der Waals surface area contributed by atoms with Crippen molar-refractivity contribution in [3.63, 3.8) is 0 Å². The molecule has 1 aliphatic heterocycles. The Hall–Kier alpha value is -4.01. The Balaban J connectivity index is 1.53. The van der Waals surface area contributed by atoms with Crippen LogP contribution in [0.3, 0.4) is 0 Å². The Kier molecular flexibility index (Phi) is 5.39. The zero-order chi connectivity index (χ0) is 24.0. The van der Waals surface area contributed by atoms with Crippen molar-refractivity contribution in [3.05, 3.63) is 48.0 Å². The van der Waals surface area contributed by atoms with E-state index in [1.54, 1.807) is 11.0 Å². The van der Waals surface area contributed by atoms with Gasteiger partial charge in [-0.05, 0) is 44.0 Å². The summed E-state index contributed by atoms with van der Waals surface area (Å²) in [5.74, 6) is 0.453. The van der Waals surface area contributed by atoms with Gasteiger partial charge in [0.25, 0.3) is 5.91 Å². The molecule has 0 aliphatic carbocycles. The zero-order valence-corrected chi connectivity index (χ0v) is 19.2. The fraction of sp³-hybridized carbons (Fsp3) is 0.320. The first-order valence-electron chi connectivity index (χ1n) is 11.4. The average molecular weight is 462 g/mol. The summed E-state index contributed by atoms with van der Waals surface area (Å²) in [5.41, 5.74) is 8.63. The number of fused-ring (bicyclic) bond motifs is 2. The average Bonchev–Trinajstić information content (AvgIpc) is 3.35. The van der Waals surface area contributed by atoms with Crippen LogP contribution in [0, 0.1) is 0 Å². The molecule has 34 heavy (non-hydrogen) atoms. The van der Waals surface area contributed by atoms with Crippen molar-refractivity contribution >= 4 is 33.9 Å². The van der Waals surface area contributed by atoms with Gasteiger partial charge < -0.3 is 29.6 Å². The number of nitrogens with zero attached hydrogens (tertiary/aromatic N) is 4. The number of imidazole rings is 1. The summed E-state index contributed by atoms with van der Waals surface area (Å²) >= 11 is 0. The molecule has 176 valence electrons. The van der Waals surface area contributed by atoms with Crippen LogP contribution in [0.1, 0.15) is 30.1 Å². The molecule has 0 spiro atoms. The molecule has 1 aliphatic rings. The Morgan fingerprint density at radius 2 is 2.03 bits per heavy atom. The lowest BCUT2D eigenvalue weighted by atomic mass is 10.1. The topological polar surface area (TPSA) is 116 Å². The number of carbonyl (C=O) groups excluding carboxylic acids is 2. The van der Waals surface area contributed by atoms with Crippen LogP contribution >= 0.6 is 0 Å². The van der Waals surface area contributed by atoms with Gasteiger partial charge in [-0.1, -0.05) is 18.2 Å². The van der Waals surface area contributed by atoms with E-state index in [9.17, 15) is 14.7 Å². The van der Waals surface area contributed by atoms with E-state index in [1.165, 1.54) is 6.07 Å². The standard InChI is InChI=1S/C25H27N5O4/c1-3-30-19-9-5-4-7-15(19)12-20(30)23-27-18-11-16(13-21(31)22(18)28(23)2)24(32)29-10-6-8-17(14-29)34-25(26)33/h4-5,7,9,11-13,17,31H,3,6,8,10,14H2,1-2H3,(H2,26,33)/t17-/m1/s1. The highest BCUT2D eigenvalue weighted by molar-refractivity contribution is 6.00. The van der Waals surface area contributed by atoms with Gasteiger partial charge in [-0.3, -0.25) is 4.79 Å².